The zero-order valence-corrected chi connectivity index (χ0v) is 22.8. The van der Waals surface area contributed by atoms with Gasteiger partial charge in [0.05, 0.1) is 7.11 Å². The van der Waals surface area contributed by atoms with Gasteiger partial charge in [-0.1, -0.05) is 13.0 Å². The Labute approximate surface area is 221 Å². The number of fused-ring (bicyclic) bond motifs is 2. The van der Waals surface area contributed by atoms with Crippen LogP contribution >= 0.6 is 11.3 Å². The van der Waals surface area contributed by atoms with Crippen molar-refractivity contribution >= 4 is 43.4 Å². The van der Waals surface area contributed by atoms with E-state index in [1.165, 1.54) is 15.6 Å². The van der Waals surface area contributed by atoms with Crippen LogP contribution in [0.15, 0.2) is 36.5 Å². The van der Waals surface area contributed by atoms with Gasteiger partial charge in [0.25, 0.3) is 10.2 Å². The van der Waals surface area contributed by atoms with Gasteiger partial charge in [-0.15, -0.1) is 11.3 Å². The van der Waals surface area contributed by atoms with Gasteiger partial charge in [0.1, 0.15) is 17.6 Å². The third kappa shape index (κ3) is 5.59. The van der Waals surface area contributed by atoms with Crippen molar-refractivity contribution < 1.29 is 17.9 Å². The molecule has 0 spiro atoms. The minimum Gasteiger partial charge on any atom is -0.497 e. The summed E-state index contributed by atoms with van der Waals surface area (Å²) in [5.41, 5.74) is 8.07. The summed E-state index contributed by atoms with van der Waals surface area (Å²) in [5.74, 6) is 1.49. The number of hydrogen-bond donors (Lipinski definition) is 2. The van der Waals surface area contributed by atoms with Crippen LogP contribution in [0, 0.1) is 5.92 Å². The van der Waals surface area contributed by atoms with Crippen molar-refractivity contribution in [2.75, 3.05) is 32.5 Å². The van der Waals surface area contributed by atoms with Gasteiger partial charge in [-0.2, -0.15) is 17.4 Å². The van der Waals surface area contributed by atoms with Crippen LogP contribution in [0.3, 0.4) is 0 Å². The lowest BCUT2D eigenvalue weighted by molar-refractivity contribution is -0.134. The molecule has 1 aromatic carbocycles. The first-order valence-electron chi connectivity index (χ1n) is 12.6. The summed E-state index contributed by atoms with van der Waals surface area (Å²) in [5, 5.41) is 0.824. The number of hydrogen-bond acceptors (Lipinski definition) is 7. The molecule has 2 aromatic heterocycles. The molecule has 2 aliphatic heterocycles. The number of nitrogen functional groups attached to an aromatic ring is 1. The number of amides is 1. The second-order valence-electron chi connectivity index (χ2n) is 9.93. The predicted octanol–water partition coefficient (Wildman–Crippen LogP) is 2.95. The summed E-state index contributed by atoms with van der Waals surface area (Å²) in [6.45, 7) is 4.04. The van der Waals surface area contributed by atoms with Crippen molar-refractivity contribution in [1.29, 1.82) is 0 Å². The Kier molecular flexibility index (Phi) is 7.39. The van der Waals surface area contributed by atoms with E-state index in [-0.39, 0.29) is 18.9 Å². The van der Waals surface area contributed by atoms with Gasteiger partial charge < -0.3 is 15.4 Å². The molecular weight excluding hydrogens is 510 g/mol. The van der Waals surface area contributed by atoms with Crippen molar-refractivity contribution in [1.82, 2.24) is 18.9 Å². The number of benzene rings is 1. The number of thiophene rings is 1. The molecule has 2 aliphatic rings. The largest absolute Gasteiger partial charge is 0.497 e. The Balaban J connectivity index is 1.40. The average molecular weight is 544 g/mol. The number of ether oxygens (including phenoxy) is 1. The van der Waals surface area contributed by atoms with E-state index in [2.05, 4.69) is 16.6 Å². The standard InChI is InChI=1S/C26H33N5O4S2/c1-17-6-10-30(11-7-17)26(32)23(15-21-14-22-24(36-21)5-9-28-25(22)27)29-37(33,34)31-12-8-18-3-4-20(35-2)13-19(18)16-31/h3-5,9,13-14,17,23,29H,6-8,10-12,15-16H2,1-2H3,(H2,27,28). The number of carbonyl (C=O) groups excluding carboxylic acids is 1. The van der Waals surface area contributed by atoms with Crippen molar-refractivity contribution in [2.24, 2.45) is 5.92 Å². The van der Waals surface area contributed by atoms with Crippen LogP contribution in [0.1, 0.15) is 35.8 Å². The molecule has 1 atom stereocenters. The molecule has 0 bridgehead atoms. The van der Waals surface area contributed by atoms with E-state index in [1.807, 2.05) is 30.3 Å². The maximum atomic E-state index is 13.7. The van der Waals surface area contributed by atoms with Gasteiger partial charge >= 0.3 is 0 Å². The molecule has 1 fully saturated rings. The quantitative estimate of drug-likeness (QED) is 0.473. The third-order valence-electron chi connectivity index (χ3n) is 7.35. The minimum atomic E-state index is -3.94. The highest BCUT2D eigenvalue weighted by Gasteiger charge is 2.34. The lowest BCUT2D eigenvalue weighted by Crippen LogP contribution is -2.55. The smallest absolute Gasteiger partial charge is 0.280 e. The summed E-state index contributed by atoms with van der Waals surface area (Å²) < 4.78 is 37.7. The molecule has 1 saturated heterocycles. The molecule has 198 valence electrons. The maximum absolute atomic E-state index is 13.7. The van der Waals surface area contributed by atoms with E-state index in [9.17, 15) is 13.2 Å². The fraction of sp³-hybridized carbons (Fsp3) is 0.462. The molecule has 0 aliphatic carbocycles. The lowest BCUT2D eigenvalue weighted by Gasteiger charge is -2.34. The molecular formula is C26H33N5O4S2. The molecule has 9 nitrogen and oxygen atoms in total. The molecule has 3 N–H and O–H groups in total. The summed E-state index contributed by atoms with van der Waals surface area (Å²) in [7, 11) is -2.34. The summed E-state index contributed by atoms with van der Waals surface area (Å²) in [6, 6.07) is 8.64. The minimum absolute atomic E-state index is 0.182. The molecule has 1 amide bonds. The highest BCUT2D eigenvalue weighted by Crippen LogP contribution is 2.30. The van der Waals surface area contributed by atoms with E-state index in [0.717, 1.165) is 38.9 Å². The fourth-order valence-corrected chi connectivity index (χ4v) is 7.51. The average Bonchev–Trinajstić information content (AvgIpc) is 3.31. The maximum Gasteiger partial charge on any atom is 0.280 e. The number of nitrogens with two attached hydrogens (primary N) is 1. The Hall–Kier alpha value is -2.73. The molecule has 1 unspecified atom stereocenters. The third-order valence-corrected chi connectivity index (χ3v) is 10.0. The highest BCUT2D eigenvalue weighted by molar-refractivity contribution is 7.87. The summed E-state index contributed by atoms with van der Waals surface area (Å²) in [6.07, 6.45) is 4.34. The van der Waals surface area contributed by atoms with Crippen LogP contribution in [-0.4, -0.2) is 61.3 Å². The number of carbonyl (C=O) groups is 1. The Morgan fingerprint density at radius 3 is 2.73 bits per heavy atom. The molecule has 3 aromatic rings. The number of pyridine rings is 1. The Bertz CT molecular complexity index is 1400. The van der Waals surface area contributed by atoms with Crippen molar-refractivity contribution in [2.45, 2.75) is 45.2 Å². The van der Waals surface area contributed by atoms with Crippen molar-refractivity contribution in [3.05, 3.63) is 52.5 Å². The highest BCUT2D eigenvalue weighted by atomic mass is 32.2. The number of rotatable bonds is 7. The molecule has 4 heterocycles. The van der Waals surface area contributed by atoms with Gasteiger partial charge in [-0.05, 0) is 60.6 Å². The first-order chi connectivity index (χ1) is 17.7. The zero-order chi connectivity index (χ0) is 26.2. The second-order valence-corrected chi connectivity index (χ2v) is 12.8. The van der Waals surface area contributed by atoms with Crippen LogP contribution in [0.4, 0.5) is 5.82 Å². The van der Waals surface area contributed by atoms with Crippen molar-refractivity contribution in [3.8, 4) is 5.75 Å². The van der Waals surface area contributed by atoms with Gasteiger partial charge in [-0.25, -0.2) is 4.98 Å². The molecule has 5 rings (SSSR count). The van der Waals surface area contributed by atoms with E-state index in [4.69, 9.17) is 10.5 Å². The first-order valence-corrected chi connectivity index (χ1v) is 14.8. The molecule has 0 saturated carbocycles. The van der Waals surface area contributed by atoms with Gasteiger partial charge in [0.2, 0.25) is 5.91 Å². The normalized spacial score (nSPS) is 18.1. The molecule has 37 heavy (non-hydrogen) atoms. The van der Waals surface area contributed by atoms with Crippen LogP contribution in [0.25, 0.3) is 10.1 Å². The van der Waals surface area contributed by atoms with Crippen LogP contribution in [0.5, 0.6) is 5.75 Å². The van der Waals surface area contributed by atoms with E-state index in [0.29, 0.717) is 43.5 Å². The first kappa shape index (κ1) is 25.9. The number of nitrogens with zero attached hydrogens (tertiary/aromatic N) is 3. The van der Waals surface area contributed by atoms with E-state index < -0.39 is 16.3 Å². The van der Waals surface area contributed by atoms with Gasteiger partial charge in [0.15, 0.2) is 0 Å². The van der Waals surface area contributed by atoms with Gasteiger partial charge in [0, 0.05) is 53.8 Å². The molecule has 11 heteroatoms. The summed E-state index contributed by atoms with van der Waals surface area (Å²) in [4.78, 5) is 20.5. The van der Waals surface area contributed by atoms with Gasteiger partial charge in [-0.3, -0.25) is 4.79 Å². The fourth-order valence-electron chi connectivity index (χ4n) is 5.06. The Morgan fingerprint density at radius 2 is 2.00 bits per heavy atom. The van der Waals surface area contributed by atoms with Crippen LogP contribution in [0.2, 0.25) is 0 Å². The second kappa shape index (κ2) is 10.6. The number of methoxy groups -OCH3 is 1. The summed E-state index contributed by atoms with van der Waals surface area (Å²) >= 11 is 1.51. The lowest BCUT2D eigenvalue weighted by atomic mass is 9.98. The molecule has 0 radical (unpaired) electrons. The number of likely N-dealkylation sites (tertiary alicyclic amines) is 1. The number of piperidine rings is 1. The van der Waals surface area contributed by atoms with Crippen molar-refractivity contribution in [3.63, 3.8) is 0 Å². The van der Waals surface area contributed by atoms with E-state index >= 15 is 0 Å². The number of aromatic nitrogens is 1. The predicted molar refractivity (Wildman–Crippen MR) is 146 cm³/mol. The van der Waals surface area contributed by atoms with Crippen LogP contribution < -0.4 is 15.2 Å². The Morgan fingerprint density at radius 1 is 1.22 bits per heavy atom. The SMILES string of the molecule is COc1ccc2c(c1)CN(S(=O)(=O)NC(Cc1cc3c(N)nccc3s1)C(=O)N1CCC(C)CC1)CC2. The zero-order valence-electron chi connectivity index (χ0n) is 21.1. The van der Waals surface area contributed by atoms with E-state index in [1.54, 1.807) is 18.2 Å². The number of nitrogens with one attached hydrogen (secondary N) is 1. The monoisotopic (exact) mass is 543 g/mol. The van der Waals surface area contributed by atoms with Crippen LogP contribution in [-0.2, 0) is 34.4 Å². The number of anilines is 1. The topological polar surface area (TPSA) is 118 Å².